The second-order valence-corrected chi connectivity index (χ2v) is 7.16. The molecule has 0 aromatic carbocycles. The molecule has 0 amide bonds. The molecule has 1 atom stereocenters. The van der Waals surface area contributed by atoms with Gasteiger partial charge in [0.2, 0.25) is 0 Å². The minimum Gasteiger partial charge on any atom is -0.353 e. The van der Waals surface area contributed by atoms with E-state index in [1.54, 1.807) is 11.3 Å². The van der Waals surface area contributed by atoms with Gasteiger partial charge in [0.25, 0.3) is 0 Å². The molecule has 1 saturated heterocycles. The lowest BCUT2D eigenvalue weighted by Gasteiger charge is -2.24. The number of aliphatic imine (C=N–C) groups is 1. The van der Waals surface area contributed by atoms with Crippen LogP contribution >= 0.6 is 47.1 Å². The Morgan fingerprint density at radius 2 is 2.25 bits per heavy atom. The first-order chi connectivity index (χ1) is 9.19. The second-order valence-electron chi connectivity index (χ2n) is 4.73. The molecule has 1 fully saturated rings. The summed E-state index contributed by atoms with van der Waals surface area (Å²) in [4.78, 5) is 10.0. The van der Waals surface area contributed by atoms with Crippen LogP contribution in [0.4, 0.5) is 0 Å². The molecule has 0 radical (unpaired) electrons. The van der Waals surface area contributed by atoms with Crippen LogP contribution in [0.2, 0.25) is 0 Å². The molecule has 1 aromatic heterocycles. The predicted octanol–water partition coefficient (Wildman–Crippen LogP) is 2.94. The number of aromatic nitrogens is 1. The number of thioether (sulfide) groups is 1. The summed E-state index contributed by atoms with van der Waals surface area (Å²) in [6.07, 6.45) is 2.54. The van der Waals surface area contributed by atoms with Crippen molar-refractivity contribution >= 4 is 53.0 Å². The lowest BCUT2D eigenvalue weighted by Crippen LogP contribution is -2.45. The molecule has 1 aliphatic heterocycles. The predicted molar refractivity (Wildman–Crippen MR) is 101 cm³/mol. The third-order valence-corrected chi connectivity index (χ3v) is 5.43. The van der Waals surface area contributed by atoms with E-state index in [1.807, 2.05) is 25.7 Å². The molecule has 2 N–H and O–H groups in total. The average molecular weight is 426 g/mol. The van der Waals surface area contributed by atoms with Crippen molar-refractivity contribution in [3.8, 4) is 0 Å². The van der Waals surface area contributed by atoms with Gasteiger partial charge >= 0.3 is 0 Å². The molecule has 114 valence electrons. The monoisotopic (exact) mass is 426 g/mol. The summed E-state index contributed by atoms with van der Waals surface area (Å²) in [7, 11) is 1.83. The molecular weight excluding hydrogens is 403 g/mol. The summed E-state index contributed by atoms with van der Waals surface area (Å²) in [5.74, 6) is 3.38. The van der Waals surface area contributed by atoms with Crippen molar-refractivity contribution in [2.45, 2.75) is 39.3 Å². The minimum atomic E-state index is 0. The Bertz CT molecular complexity index is 442. The van der Waals surface area contributed by atoms with Crippen molar-refractivity contribution in [2.75, 3.05) is 18.6 Å². The van der Waals surface area contributed by atoms with E-state index >= 15 is 0 Å². The number of thiazole rings is 1. The highest BCUT2D eigenvalue weighted by molar-refractivity contribution is 14.0. The van der Waals surface area contributed by atoms with Crippen molar-refractivity contribution < 1.29 is 0 Å². The fourth-order valence-electron chi connectivity index (χ4n) is 2.14. The fourth-order valence-corrected chi connectivity index (χ4v) is 4.09. The molecule has 20 heavy (non-hydrogen) atoms. The number of nitrogens with zero attached hydrogens (tertiary/aromatic N) is 2. The van der Waals surface area contributed by atoms with Gasteiger partial charge in [0.15, 0.2) is 5.96 Å². The lowest BCUT2D eigenvalue weighted by molar-refractivity contribution is 0.582. The topological polar surface area (TPSA) is 49.3 Å². The summed E-state index contributed by atoms with van der Waals surface area (Å²) < 4.78 is 0. The Kier molecular flexibility index (Phi) is 8.20. The maximum Gasteiger partial charge on any atom is 0.191 e. The number of guanidine groups is 1. The van der Waals surface area contributed by atoms with Gasteiger partial charge in [-0.15, -0.1) is 35.3 Å². The molecule has 4 nitrogen and oxygen atoms in total. The van der Waals surface area contributed by atoms with Crippen LogP contribution < -0.4 is 10.6 Å². The maximum atomic E-state index is 4.45. The van der Waals surface area contributed by atoms with Crippen molar-refractivity contribution in [1.29, 1.82) is 0 Å². The summed E-state index contributed by atoms with van der Waals surface area (Å²) in [6.45, 7) is 4.92. The molecule has 0 spiro atoms. The van der Waals surface area contributed by atoms with Crippen molar-refractivity contribution in [3.63, 3.8) is 0 Å². The summed E-state index contributed by atoms with van der Waals surface area (Å²) in [5.41, 5.74) is 1.12. The number of rotatable bonds is 3. The summed E-state index contributed by atoms with van der Waals surface area (Å²) in [5, 5.41) is 8.02. The Hall–Kier alpha value is -0.0200. The van der Waals surface area contributed by atoms with E-state index < -0.39 is 0 Å². The van der Waals surface area contributed by atoms with Gasteiger partial charge in [-0.25, -0.2) is 4.98 Å². The first-order valence-corrected chi connectivity index (χ1v) is 8.64. The largest absolute Gasteiger partial charge is 0.353 e. The van der Waals surface area contributed by atoms with Gasteiger partial charge < -0.3 is 10.6 Å². The highest BCUT2D eigenvalue weighted by atomic mass is 127. The van der Waals surface area contributed by atoms with Gasteiger partial charge in [0.05, 0.1) is 17.2 Å². The Balaban J connectivity index is 0.00000200. The van der Waals surface area contributed by atoms with E-state index in [0.717, 1.165) is 23.2 Å². The molecule has 0 bridgehead atoms. The number of halogens is 1. The highest BCUT2D eigenvalue weighted by Gasteiger charge is 2.15. The molecule has 1 aromatic rings. The van der Waals surface area contributed by atoms with Crippen LogP contribution in [0.25, 0.3) is 0 Å². The normalized spacial score (nSPS) is 19.4. The highest BCUT2D eigenvalue weighted by Crippen LogP contribution is 2.18. The van der Waals surface area contributed by atoms with Gasteiger partial charge in [-0.3, -0.25) is 4.99 Å². The number of hydrogen-bond acceptors (Lipinski definition) is 4. The molecule has 2 heterocycles. The second kappa shape index (κ2) is 9.09. The number of hydrogen-bond donors (Lipinski definition) is 2. The molecule has 1 aliphatic rings. The minimum absolute atomic E-state index is 0. The van der Waals surface area contributed by atoms with E-state index in [2.05, 4.69) is 27.5 Å². The van der Waals surface area contributed by atoms with Gasteiger partial charge in [0.1, 0.15) is 0 Å². The number of nitrogens with one attached hydrogen (secondary N) is 2. The lowest BCUT2D eigenvalue weighted by atomic mass is 10.2. The quantitative estimate of drug-likeness (QED) is 0.444. The van der Waals surface area contributed by atoms with Crippen LogP contribution in [-0.4, -0.2) is 35.5 Å². The van der Waals surface area contributed by atoms with Crippen LogP contribution in [0.15, 0.2) is 4.99 Å². The van der Waals surface area contributed by atoms with Crippen LogP contribution in [0.3, 0.4) is 0 Å². The molecule has 7 heteroatoms. The van der Waals surface area contributed by atoms with Crippen LogP contribution in [0, 0.1) is 13.8 Å². The molecule has 0 saturated carbocycles. The Labute approximate surface area is 146 Å². The van der Waals surface area contributed by atoms with Crippen molar-refractivity contribution in [3.05, 3.63) is 15.6 Å². The summed E-state index contributed by atoms with van der Waals surface area (Å²) in [6, 6.07) is 0.550. The van der Waals surface area contributed by atoms with E-state index in [-0.39, 0.29) is 24.0 Å². The SMILES string of the molecule is CN=C(NCc1sc(C)nc1C)NC1CCCSC1.I. The number of aryl methyl sites for hydroxylation is 2. The van der Waals surface area contributed by atoms with Crippen molar-refractivity contribution in [1.82, 2.24) is 15.6 Å². The Morgan fingerprint density at radius 3 is 2.80 bits per heavy atom. The summed E-state index contributed by atoms with van der Waals surface area (Å²) >= 11 is 3.77. The van der Waals surface area contributed by atoms with Crippen LogP contribution in [-0.2, 0) is 6.54 Å². The zero-order valence-corrected chi connectivity index (χ0v) is 16.2. The molecule has 1 unspecified atom stereocenters. The van der Waals surface area contributed by atoms with E-state index in [9.17, 15) is 0 Å². The maximum absolute atomic E-state index is 4.45. The van der Waals surface area contributed by atoms with Crippen LogP contribution in [0.5, 0.6) is 0 Å². The molecule has 2 rings (SSSR count). The van der Waals surface area contributed by atoms with E-state index in [1.165, 1.54) is 29.2 Å². The smallest absolute Gasteiger partial charge is 0.191 e. The third-order valence-electron chi connectivity index (χ3n) is 3.14. The van der Waals surface area contributed by atoms with E-state index in [0.29, 0.717) is 6.04 Å². The van der Waals surface area contributed by atoms with Crippen molar-refractivity contribution in [2.24, 2.45) is 4.99 Å². The standard InChI is InChI=1S/C13H22N4S2.HI/c1-9-12(19-10(2)16-9)7-15-13(14-3)17-11-5-4-6-18-8-11;/h11H,4-8H2,1-3H3,(H2,14,15,17);1H. The third kappa shape index (κ3) is 5.40. The molecular formula is C13H23IN4S2. The molecule has 0 aliphatic carbocycles. The first kappa shape index (κ1) is 18.0. The first-order valence-electron chi connectivity index (χ1n) is 6.67. The van der Waals surface area contributed by atoms with Gasteiger partial charge in [0, 0.05) is 23.7 Å². The van der Waals surface area contributed by atoms with Gasteiger partial charge in [-0.05, 0) is 32.4 Å². The zero-order chi connectivity index (χ0) is 13.7. The Morgan fingerprint density at radius 1 is 1.45 bits per heavy atom. The average Bonchev–Trinajstić information content (AvgIpc) is 2.74. The van der Waals surface area contributed by atoms with Gasteiger partial charge in [-0.2, -0.15) is 11.8 Å². The van der Waals surface area contributed by atoms with Gasteiger partial charge in [-0.1, -0.05) is 0 Å². The van der Waals surface area contributed by atoms with Crippen LogP contribution in [0.1, 0.15) is 28.4 Å². The van der Waals surface area contributed by atoms with E-state index in [4.69, 9.17) is 0 Å². The fraction of sp³-hybridized carbons (Fsp3) is 0.692. The zero-order valence-electron chi connectivity index (χ0n) is 12.2.